The first-order chi connectivity index (χ1) is 21.3. The summed E-state index contributed by atoms with van der Waals surface area (Å²) in [5, 5.41) is 17.0. The van der Waals surface area contributed by atoms with Crippen LogP contribution in [0.15, 0.2) is 0 Å². The molecule has 0 rings (SSSR count). The van der Waals surface area contributed by atoms with E-state index in [2.05, 4.69) is 13.8 Å². The molecule has 0 aromatic rings. The van der Waals surface area contributed by atoms with Crippen molar-refractivity contribution in [2.24, 2.45) is 0 Å². The predicted molar refractivity (Wildman–Crippen MR) is 204 cm³/mol. The maximum atomic E-state index is 10.3. The predicted octanol–water partition coefficient (Wildman–Crippen LogP) is 10.8. The van der Waals surface area contributed by atoms with Gasteiger partial charge in [-0.15, -0.1) is 0 Å². The fourth-order valence-corrected chi connectivity index (χ4v) is 5.30. The summed E-state index contributed by atoms with van der Waals surface area (Å²) < 4.78 is 0. The molecule has 276 valence electrons. The molecule has 0 aliphatic rings. The summed E-state index contributed by atoms with van der Waals surface area (Å²) in [6.45, 7) is 4.54. The van der Waals surface area contributed by atoms with Crippen LogP contribution in [-0.4, -0.2) is 102 Å². The van der Waals surface area contributed by atoms with Gasteiger partial charge >= 0.3 is 85.6 Å². The molecular formula is C36H79CaO7PPb. The zero-order valence-corrected chi connectivity index (χ0v) is 39.1. The first-order valence-corrected chi connectivity index (χ1v) is 19.8. The molecule has 0 amide bonds. The van der Waals surface area contributed by atoms with Gasteiger partial charge in [0.1, 0.15) is 0 Å². The number of rotatable bonds is 32. The van der Waals surface area contributed by atoms with Crippen molar-refractivity contribution in [2.75, 3.05) is 0 Å². The van der Waals surface area contributed by atoms with Crippen molar-refractivity contribution in [3.05, 3.63) is 0 Å². The van der Waals surface area contributed by atoms with Crippen LogP contribution in [0, 0.1) is 0 Å². The molecule has 0 aromatic heterocycles. The van der Waals surface area contributed by atoms with Gasteiger partial charge in [-0.1, -0.05) is 194 Å². The van der Waals surface area contributed by atoms with Gasteiger partial charge in [0.2, 0.25) is 0 Å². The van der Waals surface area contributed by atoms with Crippen LogP contribution in [-0.2, 0) is 9.59 Å². The van der Waals surface area contributed by atoms with Crippen LogP contribution in [0.5, 0.6) is 0 Å². The van der Waals surface area contributed by atoms with Gasteiger partial charge in [0.25, 0.3) is 0 Å². The number of hydrogen-bond donors (Lipinski definition) is 5. The average molecular weight is 902 g/mol. The zero-order valence-electron chi connectivity index (χ0n) is 32.5. The number of unbranched alkanes of at least 4 members (excludes halogenated alkanes) is 28. The van der Waals surface area contributed by atoms with Gasteiger partial charge in [-0.05, 0) is 12.8 Å². The Kier molecular flexibility index (Phi) is 65.7. The standard InChI is InChI=1S/2C18H36O2.Ca.H3O3P.Pb.4H/c2*1-2-3-4-5-6-7-8-9-10-11-12-13-14-15-16-17-18(19)20;;1-4(2)3;;;;;/h2*2-17H2,1H3,(H,19,20);;1-3H;;;;;/q;;+2;;;;;2*-1. The quantitative estimate of drug-likeness (QED) is 0.0258. The third kappa shape index (κ3) is 71.4. The van der Waals surface area contributed by atoms with E-state index >= 15 is 0 Å². The monoisotopic (exact) mass is 902 g/mol. The number of aliphatic carboxylic acids is 2. The summed E-state index contributed by atoms with van der Waals surface area (Å²) in [6.07, 6.45) is 40.4. The van der Waals surface area contributed by atoms with Crippen molar-refractivity contribution < 1.29 is 37.3 Å². The third-order valence-corrected chi connectivity index (χ3v) is 7.99. The van der Waals surface area contributed by atoms with E-state index in [0.717, 1.165) is 25.7 Å². The van der Waals surface area contributed by atoms with Crippen molar-refractivity contribution in [3.63, 3.8) is 0 Å². The van der Waals surface area contributed by atoms with E-state index in [1.54, 1.807) is 0 Å². The molecule has 0 atom stereocenters. The molecule has 10 heteroatoms. The van der Waals surface area contributed by atoms with Gasteiger partial charge in [-0.2, -0.15) is 0 Å². The van der Waals surface area contributed by atoms with Crippen molar-refractivity contribution >= 4 is 85.6 Å². The molecule has 0 saturated carbocycles. The molecule has 0 unspecified atom stereocenters. The second-order valence-corrected chi connectivity index (χ2v) is 13.0. The van der Waals surface area contributed by atoms with Gasteiger partial charge in [0.15, 0.2) is 0 Å². The van der Waals surface area contributed by atoms with E-state index in [9.17, 15) is 9.59 Å². The molecule has 0 aromatic carbocycles. The van der Waals surface area contributed by atoms with E-state index in [-0.39, 0.29) is 67.9 Å². The summed E-state index contributed by atoms with van der Waals surface area (Å²) in [4.78, 5) is 42.4. The fraction of sp³-hybridized carbons (Fsp3) is 0.944. The summed E-state index contributed by atoms with van der Waals surface area (Å²) in [5.41, 5.74) is 0. The average Bonchev–Trinajstić information content (AvgIpc) is 2.97. The van der Waals surface area contributed by atoms with Crippen LogP contribution in [0.3, 0.4) is 0 Å². The minimum atomic E-state index is -2.62. The Morgan fingerprint density at radius 1 is 0.391 bits per heavy atom. The van der Waals surface area contributed by atoms with Gasteiger partial charge in [-0.3, -0.25) is 9.59 Å². The van der Waals surface area contributed by atoms with E-state index in [0.29, 0.717) is 12.8 Å². The Hall–Kier alpha value is 1.43. The second-order valence-electron chi connectivity index (χ2n) is 12.5. The summed E-state index contributed by atoms with van der Waals surface area (Å²) in [6, 6.07) is 0. The maximum absolute atomic E-state index is 10.3. The Labute approximate surface area is 339 Å². The second kappa shape index (κ2) is 53.2. The number of hydrogen-bond acceptors (Lipinski definition) is 5. The van der Waals surface area contributed by atoms with Crippen LogP contribution in [0.4, 0.5) is 0 Å². The van der Waals surface area contributed by atoms with Crippen LogP contribution in [0.25, 0.3) is 0 Å². The molecule has 0 saturated heterocycles. The van der Waals surface area contributed by atoms with Crippen molar-refractivity contribution in [3.8, 4) is 0 Å². The molecule has 0 bridgehead atoms. The van der Waals surface area contributed by atoms with Crippen molar-refractivity contribution in [1.82, 2.24) is 0 Å². The van der Waals surface area contributed by atoms with Crippen LogP contribution < -0.4 is 0 Å². The van der Waals surface area contributed by atoms with Crippen LogP contribution in [0.2, 0.25) is 0 Å². The third-order valence-electron chi connectivity index (χ3n) is 7.99. The topological polar surface area (TPSA) is 135 Å². The molecule has 0 aliphatic heterocycles. The van der Waals surface area contributed by atoms with Gasteiger partial charge in [0.05, 0.1) is 0 Å². The molecule has 5 N–H and O–H groups in total. The molecule has 0 fully saturated rings. The summed E-state index contributed by atoms with van der Waals surface area (Å²) in [5.74, 6) is -1.31. The first-order valence-electron chi connectivity index (χ1n) is 18.6. The molecule has 0 aliphatic carbocycles. The molecule has 2 radical (unpaired) electrons. The van der Waals surface area contributed by atoms with Crippen LogP contribution >= 0.6 is 8.60 Å². The van der Waals surface area contributed by atoms with E-state index in [4.69, 9.17) is 24.9 Å². The van der Waals surface area contributed by atoms with E-state index < -0.39 is 20.5 Å². The van der Waals surface area contributed by atoms with Crippen molar-refractivity contribution in [2.45, 2.75) is 219 Å². The number of carboxylic acids is 2. The SMILES string of the molecule is CCCCCCCCCCCCCCCCCC(=O)O.CCCCCCCCCCCCCCCCCC(=O)O.OP(O)O.[Ca+2].[H-].[H-].[PbH2]. The van der Waals surface area contributed by atoms with E-state index in [1.807, 2.05) is 0 Å². The molecule has 0 heterocycles. The summed E-state index contributed by atoms with van der Waals surface area (Å²) in [7, 11) is -2.62. The molecule has 0 spiro atoms. The number of carbonyl (C=O) groups is 2. The Morgan fingerprint density at radius 3 is 0.652 bits per heavy atom. The molecular weight excluding hydrogens is 823 g/mol. The summed E-state index contributed by atoms with van der Waals surface area (Å²) >= 11 is 0. The fourth-order valence-electron chi connectivity index (χ4n) is 5.30. The Bertz CT molecular complexity index is 526. The molecule has 7 nitrogen and oxygen atoms in total. The van der Waals surface area contributed by atoms with Gasteiger partial charge in [0, 0.05) is 12.8 Å². The van der Waals surface area contributed by atoms with Crippen molar-refractivity contribution in [1.29, 1.82) is 0 Å². The number of carboxylic acid groups (broad SMARTS) is 2. The normalized spacial score (nSPS) is 10.2. The Morgan fingerprint density at radius 2 is 0.522 bits per heavy atom. The zero-order chi connectivity index (χ0) is 33.4. The van der Waals surface area contributed by atoms with E-state index in [1.165, 1.54) is 167 Å². The van der Waals surface area contributed by atoms with Crippen LogP contribution in [0.1, 0.15) is 222 Å². The van der Waals surface area contributed by atoms with Gasteiger partial charge in [-0.25, -0.2) is 0 Å². The molecule has 46 heavy (non-hydrogen) atoms. The minimum absolute atomic E-state index is 0. The first kappa shape index (κ1) is 56.8. The van der Waals surface area contributed by atoms with Gasteiger partial charge < -0.3 is 27.7 Å². The Balaban J connectivity index is -0.000000117.